The van der Waals surface area contributed by atoms with Crippen LogP contribution >= 0.6 is 0 Å². The van der Waals surface area contributed by atoms with Gasteiger partial charge in [0.1, 0.15) is 6.54 Å². The lowest BCUT2D eigenvalue weighted by Crippen LogP contribution is -2.36. The Labute approximate surface area is 93.7 Å². The predicted molar refractivity (Wildman–Crippen MR) is 58.1 cm³/mol. The molecule has 0 saturated carbocycles. The number of carbonyl (C=O) groups excluding carboxylic acids is 1. The topological polar surface area (TPSA) is 70.5 Å². The molecule has 5 heteroatoms. The Balaban J connectivity index is 2.78. The van der Waals surface area contributed by atoms with E-state index in [1.54, 1.807) is 18.3 Å². The molecule has 0 aromatic carbocycles. The van der Waals surface area contributed by atoms with E-state index >= 15 is 0 Å². The normalized spacial score (nSPS) is 9.81. The van der Waals surface area contributed by atoms with Crippen LogP contribution in [-0.4, -0.2) is 40.0 Å². The van der Waals surface area contributed by atoms with E-state index in [9.17, 15) is 9.59 Å². The van der Waals surface area contributed by atoms with E-state index in [4.69, 9.17) is 5.11 Å². The van der Waals surface area contributed by atoms with Crippen LogP contribution in [0, 0.1) is 0 Å². The molecule has 0 bridgehead atoms. The van der Waals surface area contributed by atoms with E-state index in [2.05, 4.69) is 4.98 Å². The fraction of sp³-hybridized carbons (Fsp3) is 0.364. The van der Waals surface area contributed by atoms with Gasteiger partial charge in [0.2, 0.25) is 0 Å². The highest BCUT2D eigenvalue weighted by Gasteiger charge is 2.17. The quantitative estimate of drug-likeness (QED) is 0.807. The van der Waals surface area contributed by atoms with Crippen molar-refractivity contribution < 1.29 is 14.7 Å². The zero-order chi connectivity index (χ0) is 12.0. The van der Waals surface area contributed by atoms with Crippen LogP contribution in [0.3, 0.4) is 0 Å². The summed E-state index contributed by atoms with van der Waals surface area (Å²) >= 11 is 0. The van der Waals surface area contributed by atoms with Crippen molar-refractivity contribution in [2.24, 2.45) is 0 Å². The Morgan fingerprint density at radius 3 is 2.75 bits per heavy atom. The molecule has 86 valence electrons. The van der Waals surface area contributed by atoms with E-state index in [-0.39, 0.29) is 12.5 Å². The lowest BCUT2D eigenvalue weighted by molar-refractivity contribution is -0.137. The monoisotopic (exact) mass is 222 g/mol. The van der Waals surface area contributed by atoms with Gasteiger partial charge in [-0.3, -0.25) is 14.6 Å². The third-order valence-corrected chi connectivity index (χ3v) is 2.02. The maximum atomic E-state index is 11.9. The molecule has 1 heterocycles. The first-order valence-electron chi connectivity index (χ1n) is 5.06. The molecule has 0 aliphatic heterocycles. The van der Waals surface area contributed by atoms with Crippen molar-refractivity contribution in [3.63, 3.8) is 0 Å². The number of carbonyl (C=O) groups is 2. The van der Waals surface area contributed by atoms with Gasteiger partial charge in [0.05, 0.1) is 5.56 Å². The van der Waals surface area contributed by atoms with Gasteiger partial charge in [0.25, 0.3) is 5.91 Å². The largest absolute Gasteiger partial charge is 0.480 e. The van der Waals surface area contributed by atoms with Crippen LogP contribution in [0.25, 0.3) is 0 Å². The second kappa shape index (κ2) is 5.85. The van der Waals surface area contributed by atoms with Gasteiger partial charge in [0, 0.05) is 18.9 Å². The molecule has 0 spiro atoms. The maximum Gasteiger partial charge on any atom is 0.323 e. The minimum Gasteiger partial charge on any atom is -0.480 e. The molecule has 0 aliphatic carbocycles. The van der Waals surface area contributed by atoms with E-state index in [1.807, 2.05) is 6.92 Å². The zero-order valence-corrected chi connectivity index (χ0v) is 9.09. The van der Waals surface area contributed by atoms with Gasteiger partial charge in [0.15, 0.2) is 0 Å². The van der Waals surface area contributed by atoms with Crippen LogP contribution in [0.5, 0.6) is 0 Å². The van der Waals surface area contributed by atoms with Gasteiger partial charge in [-0.25, -0.2) is 0 Å². The number of pyridine rings is 1. The second-order valence-electron chi connectivity index (χ2n) is 3.36. The molecule has 1 rings (SSSR count). The number of carboxylic acids is 1. The highest BCUT2D eigenvalue weighted by molar-refractivity contribution is 5.95. The summed E-state index contributed by atoms with van der Waals surface area (Å²) in [5.41, 5.74) is 0.414. The van der Waals surface area contributed by atoms with Crippen molar-refractivity contribution in [2.75, 3.05) is 13.1 Å². The van der Waals surface area contributed by atoms with Crippen molar-refractivity contribution in [1.29, 1.82) is 0 Å². The van der Waals surface area contributed by atoms with Crippen LogP contribution in [0.15, 0.2) is 24.5 Å². The van der Waals surface area contributed by atoms with Crippen LogP contribution < -0.4 is 0 Å². The molecule has 1 aromatic rings. The lowest BCUT2D eigenvalue weighted by Gasteiger charge is -2.19. The van der Waals surface area contributed by atoms with Crippen molar-refractivity contribution in [3.8, 4) is 0 Å². The molecule has 0 fully saturated rings. The summed E-state index contributed by atoms with van der Waals surface area (Å²) in [5.74, 6) is -1.30. The molecule has 0 aliphatic rings. The van der Waals surface area contributed by atoms with Gasteiger partial charge in [-0.05, 0) is 18.6 Å². The van der Waals surface area contributed by atoms with Crippen LogP contribution in [0.4, 0.5) is 0 Å². The lowest BCUT2D eigenvalue weighted by atomic mass is 10.2. The molecular weight excluding hydrogens is 208 g/mol. The number of amides is 1. The molecule has 1 N–H and O–H groups in total. The van der Waals surface area contributed by atoms with Crippen LogP contribution in [-0.2, 0) is 4.79 Å². The average molecular weight is 222 g/mol. The fourth-order valence-corrected chi connectivity index (χ4v) is 1.36. The minimum atomic E-state index is -1.01. The number of aromatic nitrogens is 1. The third-order valence-electron chi connectivity index (χ3n) is 2.02. The van der Waals surface area contributed by atoms with E-state index in [1.165, 1.54) is 11.1 Å². The SMILES string of the molecule is CCCN(CC(=O)O)C(=O)c1cccnc1. The molecule has 1 amide bonds. The van der Waals surface area contributed by atoms with Crippen molar-refractivity contribution in [2.45, 2.75) is 13.3 Å². The average Bonchev–Trinajstić information content (AvgIpc) is 2.28. The highest BCUT2D eigenvalue weighted by atomic mass is 16.4. The third kappa shape index (κ3) is 3.34. The van der Waals surface area contributed by atoms with E-state index in [0.29, 0.717) is 12.1 Å². The maximum absolute atomic E-state index is 11.9. The van der Waals surface area contributed by atoms with Crippen LogP contribution in [0.2, 0.25) is 0 Å². The number of hydrogen-bond acceptors (Lipinski definition) is 3. The summed E-state index contributed by atoms with van der Waals surface area (Å²) in [5, 5.41) is 8.70. The molecular formula is C11H14N2O3. The van der Waals surface area contributed by atoms with Gasteiger partial charge >= 0.3 is 5.97 Å². The smallest absolute Gasteiger partial charge is 0.323 e. The first-order valence-corrected chi connectivity index (χ1v) is 5.06. The highest BCUT2D eigenvalue weighted by Crippen LogP contribution is 2.03. The Hall–Kier alpha value is -1.91. The Morgan fingerprint density at radius 2 is 2.25 bits per heavy atom. The number of aliphatic carboxylic acids is 1. The van der Waals surface area contributed by atoms with E-state index < -0.39 is 5.97 Å². The van der Waals surface area contributed by atoms with Gasteiger partial charge in [-0.15, -0.1) is 0 Å². The molecule has 0 atom stereocenters. The summed E-state index contributed by atoms with van der Waals surface area (Å²) in [7, 11) is 0. The number of hydrogen-bond donors (Lipinski definition) is 1. The van der Waals surface area contributed by atoms with Crippen molar-refractivity contribution in [3.05, 3.63) is 30.1 Å². The molecule has 5 nitrogen and oxygen atoms in total. The van der Waals surface area contributed by atoms with E-state index in [0.717, 1.165) is 6.42 Å². The standard InChI is InChI=1S/C11H14N2O3/c1-2-6-13(8-10(14)15)11(16)9-4-3-5-12-7-9/h3-5,7H,2,6,8H2,1H3,(H,14,15). The van der Waals surface area contributed by atoms with Gasteiger partial charge in [-0.1, -0.05) is 6.92 Å². The number of carboxylic acid groups (broad SMARTS) is 1. The fourth-order valence-electron chi connectivity index (χ4n) is 1.36. The zero-order valence-electron chi connectivity index (χ0n) is 9.09. The van der Waals surface area contributed by atoms with Crippen LogP contribution in [0.1, 0.15) is 23.7 Å². The number of nitrogens with zero attached hydrogens (tertiary/aromatic N) is 2. The summed E-state index contributed by atoms with van der Waals surface area (Å²) < 4.78 is 0. The minimum absolute atomic E-state index is 0.276. The first kappa shape index (κ1) is 12.2. The van der Waals surface area contributed by atoms with Gasteiger partial charge in [-0.2, -0.15) is 0 Å². The molecule has 0 radical (unpaired) electrons. The Morgan fingerprint density at radius 1 is 1.50 bits per heavy atom. The summed E-state index contributed by atoms with van der Waals surface area (Å²) in [4.78, 5) is 27.6. The molecule has 1 aromatic heterocycles. The molecule has 16 heavy (non-hydrogen) atoms. The van der Waals surface area contributed by atoms with Crippen molar-refractivity contribution in [1.82, 2.24) is 9.88 Å². The first-order chi connectivity index (χ1) is 7.65. The summed E-state index contributed by atoms with van der Waals surface area (Å²) in [6, 6.07) is 3.28. The van der Waals surface area contributed by atoms with Crippen molar-refractivity contribution >= 4 is 11.9 Å². The molecule has 0 saturated heterocycles. The Kier molecular flexibility index (Phi) is 4.44. The van der Waals surface area contributed by atoms with Gasteiger partial charge < -0.3 is 10.0 Å². The summed E-state index contributed by atoms with van der Waals surface area (Å²) in [6.07, 6.45) is 3.73. The summed E-state index contributed by atoms with van der Waals surface area (Å²) in [6.45, 7) is 2.05. The number of rotatable bonds is 5. The molecule has 0 unspecified atom stereocenters. The second-order valence-corrected chi connectivity index (χ2v) is 3.36. The Bertz CT molecular complexity index is 365. The predicted octanol–water partition coefficient (Wildman–Crippen LogP) is 1.02.